The molecule has 3 N–H and O–H groups in total. The van der Waals surface area contributed by atoms with Crippen LogP contribution in [0.5, 0.6) is 0 Å². The Hall–Kier alpha value is -1.66. The minimum atomic E-state index is -1.51. The van der Waals surface area contributed by atoms with Gasteiger partial charge in [0.05, 0.1) is 0 Å². The third kappa shape index (κ3) is 6.72. The molecule has 0 aromatic heterocycles. The largest absolute Gasteiger partial charge is 0.385 e. The van der Waals surface area contributed by atoms with Crippen molar-refractivity contribution in [3.63, 3.8) is 0 Å². The SMILES string of the molecule is CNC[C@H](CC1CCCCC1)C1C(C(F)(CCCCOC)c2ccccc2)CCCN1C(N)=O. The first-order chi connectivity index (χ1) is 16.5. The summed E-state index contributed by atoms with van der Waals surface area (Å²) in [5.41, 5.74) is 5.16. The number of hydrogen-bond donors (Lipinski definition) is 2. The molecule has 2 aliphatic rings. The molecule has 4 atom stereocenters. The van der Waals surface area contributed by atoms with Crippen LogP contribution in [0.15, 0.2) is 30.3 Å². The minimum Gasteiger partial charge on any atom is -0.385 e. The standard InChI is InChI=1S/C28H46FN3O2/c1-31-21-23(20-22-12-5-3-6-13-22)26-25(16-11-18-32(26)27(30)33)28(29,17-9-10-19-34-2)24-14-7-4-8-15-24/h4,7-8,14-15,22-23,25-26,31H,3,5-6,9-13,16-21H2,1-2H3,(H2,30,33)/t23-,25?,26?,28?/m0/s1. The van der Waals surface area contributed by atoms with E-state index in [9.17, 15) is 4.79 Å². The first kappa shape index (κ1) is 26.9. The van der Waals surface area contributed by atoms with E-state index in [1.165, 1.54) is 32.1 Å². The van der Waals surface area contributed by atoms with Gasteiger partial charge in [-0.2, -0.15) is 0 Å². The normalized spacial score (nSPS) is 24.5. The maximum Gasteiger partial charge on any atom is 0.315 e. The van der Waals surface area contributed by atoms with Gasteiger partial charge >= 0.3 is 6.03 Å². The number of nitrogens with one attached hydrogen (secondary N) is 1. The molecule has 2 fully saturated rings. The maximum absolute atomic E-state index is 17.5. The summed E-state index contributed by atoms with van der Waals surface area (Å²) < 4.78 is 22.7. The number of ether oxygens (including phenoxy) is 1. The van der Waals surface area contributed by atoms with E-state index in [2.05, 4.69) is 5.32 Å². The lowest BCUT2D eigenvalue weighted by atomic mass is 9.66. The van der Waals surface area contributed by atoms with Crippen LogP contribution in [0.3, 0.4) is 0 Å². The van der Waals surface area contributed by atoms with E-state index in [0.29, 0.717) is 25.5 Å². The fraction of sp³-hybridized carbons (Fsp3) is 0.750. The Morgan fingerprint density at radius 1 is 1.18 bits per heavy atom. The molecule has 3 unspecified atom stereocenters. The summed E-state index contributed by atoms with van der Waals surface area (Å²) in [6.45, 7) is 2.03. The van der Waals surface area contributed by atoms with Gasteiger partial charge in [0, 0.05) is 32.2 Å². The van der Waals surface area contributed by atoms with Crippen LogP contribution in [0.25, 0.3) is 0 Å². The average molecular weight is 476 g/mol. The summed E-state index contributed by atoms with van der Waals surface area (Å²) in [5, 5.41) is 3.37. The van der Waals surface area contributed by atoms with Crippen molar-refractivity contribution in [3.05, 3.63) is 35.9 Å². The van der Waals surface area contributed by atoms with E-state index in [1.807, 2.05) is 42.3 Å². The number of methoxy groups -OCH3 is 1. The monoisotopic (exact) mass is 475 g/mol. The molecule has 1 aliphatic carbocycles. The van der Waals surface area contributed by atoms with Crippen LogP contribution in [0, 0.1) is 17.8 Å². The zero-order chi connectivity index (χ0) is 24.4. The van der Waals surface area contributed by atoms with Crippen molar-refractivity contribution in [2.45, 2.75) is 82.3 Å². The van der Waals surface area contributed by atoms with Crippen LogP contribution in [0.4, 0.5) is 9.18 Å². The van der Waals surface area contributed by atoms with E-state index in [1.54, 1.807) is 7.11 Å². The summed E-state index contributed by atoms with van der Waals surface area (Å²) in [7, 11) is 3.65. The second-order valence-electron chi connectivity index (χ2n) is 10.5. The second kappa shape index (κ2) is 13.4. The number of halogens is 1. The molecule has 1 aliphatic heterocycles. The van der Waals surface area contributed by atoms with Gasteiger partial charge < -0.3 is 20.7 Å². The number of carbonyl (C=O) groups is 1. The molecule has 34 heavy (non-hydrogen) atoms. The van der Waals surface area contributed by atoms with Crippen LogP contribution in [-0.2, 0) is 10.4 Å². The second-order valence-corrected chi connectivity index (χ2v) is 10.5. The van der Waals surface area contributed by atoms with Gasteiger partial charge in [0.1, 0.15) is 5.67 Å². The molecule has 1 aromatic carbocycles. The predicted molar refractivity (Wildman–Crippen MR) is 136 cm³/mol. The highest BCUT2D eigenvalue weighted by molar-refractivity contribution is 5.72. The van der Waals surface area contributed by atoms with Crippen LogP contribution in [0.1, 0.15) is 76.2 Å². The molecule has 0 radical (unpaired) electrons. The predicted octanol–water partition coefficient (Wildman–Crippen LogP) is 5.63. The number of rotatable bonds is 12. The summed E-state index contributed by atoms with van der Waals surface area (Å²) in [6.07, 6.45) is 11.0. The summed E-state index contributed by atoms with van der Waals surface area (Å²) in [5.74, 6) is 0.557. The Balaban J connectivity index is 1.96. The highest BCUT2D eigenvalue weighted by Crippen LogP contribution is 2.48. The highest BCUT2D eigenvalue weighted by atomic mass is 19.1. The van der Waals surface area contributed by atoms with E-state index >= 15 is 4.39 Å². The molecule has 2 amide bonds. The molecule has 3 rings (SSSR count). The van der Waals surface area contributed by atoms with Gasteiger partial charge in [0.25, 0.3) is 0 Å². The number of nitrogens with zero attached hydrogens (tertiary/aromatic N) is 1. The lowest BCUT2D eigenvalue weighted by Crippen LogP contribution is -2.59. The van der Waals surface area contributed by atoms with Gasteiger partial charge in [-0.1, -0.05) is 62.4 Å². The van der Waals surface area contributed by atoms with Crippen molar-refractivity contribution in [1.82, 2.24) is 10.2 Å². The van der Waals surface area contributed by atoms with E-state index in [4.69, 9.17) is 10.5 Å². The number of piperidine rings is 1. The number of carbonyl (C=O) groups excluding carboxylic acids is 1. The van der Waals surface area contributed by atoms with Crippen molar-refractivity contribution >= 4 is 6.03 Å². The van der Waals surface area contributed by atoms with Gasteiger partial charge in [-0.15, -0.1) is 0 Å². The third-order valence-electron chi connectivity index (χ3n) is 8.26. The lowest BCUT2D eigenvalue weighted by molar-refractivity contribution is -0.0386. The topological polar surface area (TPSA) is 67.6 Å². The zero-order valence-electron chi connectivity index (χ0n) is 21.3. The number of likely N-dealkylation sites (tertiary alicyclic amines) is 1. The van der Waals surface area contributed by atoms with Gasteiger partial charge in [-0.25, -0.2) is 9.18 Å². The van der Waals surface area contributed by atoms with Crippen LogP contribution < -0.4 is 11.1 Å². The number of benzene rings is 1. The number of urea groups is 1. The van der Waals surface area contributed by atoms with E-state index < -0.39 is 11.7 Å². The third-order valence-corrected chi connectivity index (χ3v) is 8.26. The fourth-order valence-corrected chi connectivity index (χ4v) is 6.70. The van der Waals surface area contributed by atoms with Gasteiger partial charge in [-0.05, 0) is 69.5 Å². The van der Waals surface area contributed by atoms with Crippen molar-refractivity contribution in [3.8, 4) is 0 Å². The number of nitrogens with two attached hydrogens (primary N) is 1. The van der Waals surface area contributed by atoms with E-state index in [0.717, 1.165) is 44.2 Å². The molecule has 1 saturated carbocycles. The molecule has 1 heterocycles. The number of hydrogen-bond acceptors (Lipinski definition) is 3. The molecule has 1 saturated heterocycles. The first-order valence-corrected chi connectivity index (χ1v) is 13.4. The Morgan fingerprint density at radius 3 is 2.56 bits per heavy atom. The summed E-state index contributed by atoms with van der Waals surface area (Å²) in [4.78, 5) is 14.5. The average Bonchev–Trinajstić information content (AvgIpc) is 2.87. The van der Waals surface area contributed by atoms with Crippen LogP contribution >= 0.6 is 0 Å². The van der Waals surface area contributed by atoms with Crippen molar-refractivity contribution < 1.29 is 13.9 Å². The zero-order valence-corrected chi connectivity index (χ0v) is 21.3. The molecule has 0 spiro atoms. The number of primary amides is 1. The highest BCUT2D eigenvalue weighted by Gasteiger charge is 2.50. The Kier molecular flexibility index (Phi) is 10.6. The number of unbranched alkanes of at least 4 members (excludes halogenated alkanes) is 1. The smallest absolute Gasteiger partial charge is 0.315 e. The van der Waals surface area contributed by atoms with Gasteiger partial charge in [-0.3, -0.25) is 0 Å². The Labute approximate surface area is 206 Å². The molecule has 5 nitrogen and oxygen atoms in total. The number of alkyl halides is 1. The van der Waals surface area contributed by atoms with Crippen LogP contribution in [0.2, 0.25) is 0 Å². The van der Waals surface area contributed by atoms with Crippen molar-refractivity contribution in [1.29, 1.82) is 0 Å². The van der Waals surface area contributed by atoms with E-state index in [-0.39, 0.29) is 17.9 Å². The molecule has 1 aromatic rings. The fourth-order valence-electron chi connectivity index (χ4n) is 6.70. The lowest BCUT2D eigenvalue weighted by Gasteiger charge is -2.50. The maximum atomic E-state index is 17.5. The van der Waals surface area contributed by atoms with Gasteiger partial charge in [0.2, 0.25) is 0 Å². The van der Waals surface area contributed by atoms with Crippen molar-refractivity contribution in [2.24, 2.45) is 23.5 Å². The van der Waals surface area contributed by atoms with Crippen LogP contribution in [-0.4, -0.2) is 50.8 Å². The minimum absolute atomic E-state index is 0.184. The van der Waals surface area contributed by atoms with Gasteiger partial charge in [0.15, 0.2) is 0 Å². The summed E-state index contributed by atoms with van der Waals surface area (Å²) >= 11 is 0. The molecule has 6 heteroatoms. The Bertz CT molecular complexity index is 728. The Morgan fingerprint density at radius 2 is 1.91 bits per heavy atom. The quantitative estimate of drug-likeness (QED) is 0.385. The summed E-state index contributed by atoms with van der Waals surface area (Å²) in [6, 6.07) is 9.03. The number of amides is 2. The molecular formula is C28H46FN3O2. The first-order valence-electron chi connectivity index (χ1n) is 13.4. The molecule has 192 valence electrons. The molecular weight excluding hydrogens is 429 g/mol. The van der Waals surface area contributed by atoms with Crippen molar-refractivity contribution in [2.75, 3.05) is 33.9 Å². The molecule has 0 bridgehead atoms.